The van der Waals surface area contributed by atoms with Crippen LogP contribution in [-0.2, 0) is 0 Å². The number of hydrogen-bond acceptors (Lipinski definition) is 0. The molecule has 0 nitrogen and oxygen atoms in total. The first-order valence-electron chi connectivity index (χ1n) is 1.73. The van der Waals surface area contributed by atoms with E-state index in [4.69, 9.17) is 0 Å². The monoisotopic (exact) mass is 386 g/mol. The van der Waals surface area contributed by atoms with Crippen molar-refractivity contribution in [1.82, 2.24) is 0 Å². The van der Waals surface area contributed by atoms with Gasteiger partial charge in [0.05, 0.1) is 0 Å². The van der Waals surface area contributed by atoms with Crippen molar-refractivity contribution >= 4 is 63.4 Å². The Morgan fingerprint density at radius 1 is 0.800 bits per heavy atom. The van der Waals surface area contributed by atoms with Crippen LogP contribution in [0.25, 0.3) is 0 Å². The van der Waals surface area contributed by atoms with Gasteiger partial charge in [-0.3, -0.25) is 0 Å². The molecule has 6 radical (unpaired) electrons. The molecular weight excluding hydrogens is 380 g/mol. The maximum atomic E-state index is 1.72. The standard InChI is InChI=1S/2CH.3Sn/h2*1H;;;. The Bertz CT molecular complexity index is 41.6. The molecule has 0 aliphatic carbocycles. The third kappa shape index (κ3) is 0.596. The van der Waals surface area contributed by atoms with Crippen molar-refractivity contribution in [1.29, 1.82) is 0 Å². The molecule has 0 unspecified atom stereocenters. The summed E-state index contributed by atoms with van der Waals surface area (Å²) >= 11 is 1.69. The van der Waals surface area contributed by atoms with Gasteiger partial charge >= 0.3 is 63.4 Å². The summed E-state index contributed by atoms with van der Waals surface area (Å²) in [4.78, 5) is 0. The minimum absolute atomic E-state index is 0.563. The van der Waals surface area contributed by atoms with E-state index in [1.165, 1.54) is 0 Å². The molecule has 0 saturated carbocycles. The van der Waals surface area contributed by atoms with Crippen LogP contribution in [0.3, 0.4) is 0 Å². The van der Waals surface area contributed by atoms with Gasteiger partial charge in [-0.05, 0) is 0 Å². The van der Waals surface area contributed by atoms with Crippen LogP contribution in [0.15, 0.2) is 0 Å². The molecule has 3 saturated heterocycles. The van der Waals surface area contributed by atoms with Gasteiger partial charge < -0.3 is 0 Å². The fourth-order valence-electron chi connectivity index (χ4n) is 0.500. The Balaban J connectivity index is 2.19. The molecule has 0 aromatic carbocycles. The van der Waals surface area contributed by atoms with Gasteiger partial charge in [0.1, 0.15) is 0 Å². The van der Waals surface area contributed by atoms with Crippen LogP contribution in [0.1, 0.15) is 0 Å². The Morgan fingerprint density at radius 3 is 1.00 bits per heavy atom. The van der Waals surface area contributed by atoms with Crippen LogP contribution in [0.4, 0.5) is 0 Å². The fraction of sp³-hybridized carbons (Fsp3) is 1.00. The van der Waals surface area contributed by atoms with Gasteiger partial charge in [0, 0.05) is 0 Å². The summed E-state index contributed by atoms with van der Waals surface area (Å²) in [7, 11) is 0. The molecule has 0 amide bonds. The molecule has 0 spiro atoms. The van der Waals surface area contributed by atoms with Crippen molar-refractivity contribution in [3.63, 3.8) is 0 Å². The second-order valence-corrected chi connectivity index (χ2v) is 42.3. The molecular formula is C2H2Sn3. The molecule has 5 heavy (non-hydrogen) atoms. The summed E-state index contributed by atoms with van der Waals surface area (Å²) in [5.41, 5.74) is 0. The summed E-state index contributed by atoms with van der Waals surface area (Å²) in [5, 5.41) is 0. The van der Waals surface area contributed by atoms with E-state index in [0.717, 1.165) is 0 Å². The summed E-state index contributed by atoms with van der Waals surface area (Å²) in [5.74, 6) is 0. The average molecular weight is 382 g/mol. The van der Waals surface area contributed by atoms with E-state index in [-0.39, 0.29) is 0 Å². The van der Waals surface area contributed by atoms with Crippen molar-refractivity contribution in [3.05, 3.63) is 0 Å². The van der Waals surface area contributed by atoms with Crippen molar-refractivity contribution in [2.24, 2.45) is 0 Å². The van der Waals surface area contributed by atoms with E-state index in [1.807, 2.05) is 0 Å². The van der Waals surface area contributed by atoms with Crippen molar-refractivity contribution in [2.45, 2.75) is -0.0687 Å². The van der Waals surface area contributed by atoms with Crippen LogP contribution in [-0.4, -0.2) is 63.4 Å². The van der Waals surface area contributed by atoms with Crippen molar-refractivity contribution in [2.75, 3.05) is 0 Å². The first kappa shape index (κ1) is 4.29. The molecule has 0 N–H and O–H groups in total. The Hall–Kier alpha value is 2.40. The van der Waals surface area contributed by atoms with Gasteiger partial charge in [-0.15, -0.1) is 0 Å². The third-order valence-electron chi connectivity index (χ3n) is 1.00. The maximum absolute atomic E-state index is 1.72. The minimum atomic E-state index is 0.563. The quantitative estimate of drug-likeness (QED) is 0.498. The average Bonchev–Trinajstić information content (AvgIpc) is 0.592. The second-order valence-electron chi connectivity index (χ2n) is 1.37. The Morgan fingerprint density at radius 2 is 1.00 bits per heavy atom. The van der Waals surface area contributed by atoms with E-state index in [9.17, 15) is 0 Å². The molecule has 0 atom stereocenters. The second kappa shape index (κ2) is 1.43. The summed E-state index contributed by atoms with van der Waals surface area (Å²) in [6.07, 6.45) is 0. The molecule has 2 bridgehead atoms. The van der Waals surface area contributed by atoms with E-state index < -0.39 is 0 Å². The molecule has 3 aliphatic rings. The molecule has 3 rings (SSSR count). The molecule has 3 heterocycles. The van der Waals surface area contributed by atoms with E-state index in [1.54, 1.807) is -0.0687 Å². The topological polar surface area (TPSA) is 0 Å². The predicted molar refractivity (Wildman–Crippen MR) is 24.8 cm³/mol. The number of hydrogen-bond donors (Lipinski definition) is 0. The molecule has 0 aromatic rings. The van der Waals surface area contributed by atoms with Crippen LogP contribution < -0.4 is 0 Å². The van der Waals surface area contributed by atoms with E-state index in [0.29, 0.717) is 63.4 Å². The summed E-state index contributed by atoms with van der Waals surface area (Å²) < 4.78 is 3.44. The Labute approximate surface area is 62.1 Å². The third-order valence-corrected chi connectivity index (χ3v) is 45.0. The zero-order chi connectivity index (χ0) is 3.28. The van der Waals surface area contributed by atoms with Crippen molar-refractivity contribution in [3.8, 4) is 0 Å². The summed E-state index contributed by atoms with van der Waals surface area (Å²) in [6.45, 7) is 0. The van der Waals surface area contributed by atoms with E-state index >= 15 is 0 Å². The van der Waals surface area contributed by atoms with Crippen LogP contribution in [0.5, 0.6) is 0 Å². The fourth-order valence-corrected chi connectivity index (χ4v) is 86.7. The van der Waals surface area contributed by atoms with Crippen LogP contribution in [0, 0.1) is 0 Å². The van der Waals surface area contributed by atoms with Gasteiger partial charge in [0.15, 0.2) is 0 Å². The predicted octanol–water partition coefficient (Wildman–Crippen LogP) is -0.467. The summed E-state index contributed by atoms with van der Waals surface area (Å²) in [6, 6.07) is 0. The van der Waals surface area contributed by atoms with Gasteiger partial charge in [0.25, 0.3) is 0 Å². The van der Waals surface area contributed by atoms with E-state index in [2.05, 4.69) is 0 Å². The molecule has 22 valence electrons. The molecule has 3 heteroatoms. The van der Waals surface area contributed by atoms with Gasteiger partial charge in [-0.2, -0.15) is 0 Å². The van der Waals surface area contributed by atoms with Gasteiger partial charge in [-0.1, -0.05) is 0 Å². The van der Waals surface area contributed by atoms with Gasteiger partial charge in [-0.25, -0.2) is 0 Å². The molecule has 3 fully saturated rings. The zero-order valence-electron chi connectivity index (χ0n) is 2.65. The van der Waals surface area contributed by atoms with Crippen LogP contribution in [0.2, 0.25) is -0.0687 Å². The SMILES string of the molecule is [Sn]1[CH]2[Sn][CH]1[Sn]2. The zero-order valence-corrected chi connectivity index (χ0v) is 11.2. The molecule has 0 aromatic heterocycles. The Kier molecular flexibility index (Phi) is 1.23. The number of rotatable bonds is 0. The molecule has 3 aliphatic heterocycles. The van der Waals surface area contributed by atoms with Crippen LogP contribution >= 0.6 is 0 Å². The van der Waals surface area contributed by atoms with Crippen molar-refractivity contribution < 1.29 is 0 Å². The first-order valence-corrected chi connectivity index (χ1v) is 11.6. The van der Waals surface area contributed by atoms with Gasteiger partial charge in [0.2, 0.25) is 0 Å². The normalized spacial score (nSPS) is 57.6. The first-order chi connectivity index (χ1) is 2.45.